The molecule has 5 fully saturated rings. The molecule has 74 heavy (non-hydrogen) atoms. The maximum absolute atomic E-state index is 17.4. The number of piperazine rings is 1. The summed E-state index contributed by atoms with van der Waals surface area (Å²) in [6.45, 7) is 15.3. The SMILES string of the molecule is CCc1c(F)ccc2cc(OCOC)cc(-c3ncc4c(N5CCC[C@@](C)(O)C5)nc(OCC5(CN6CCC(C)(CN7CCN(c8ccc9c(c8)CN(C8CCC(=O)NC8=O)C9=O)CC7)CC6)CC5)nc4c3F)c12. The van der Waals surface area contributed by atoms with Gasteiger partial charge in [0.25, 0.3) is 5.91 Å². The van der Waals surface area contributed by atoms with Gasteiger partial charge in [0.2, 0.25) is 11.8 Å². The number of methoxy groups -OCH3 is 1. The van der Waals surface area contributed by atoms with Crippen LogP contribution in [-0.4, -0.2) is 150 Å². The van der Waals surface area contributed by atoms with Crippen LogP contribution in [0, 0.1) is 22.5 Å². The van der Waals surface area contributed by atoms with E-state index in [1.165, 1.54) is 13.2 Å². The molecule has 2 N–H and O–H groups in total. The number of β-amino-alcohol motifs (C(OH)–C–C–N with tert-alkyl or cyclic N) is 1. The summed E-state index contributed by atoms with van der Waals surface area (Å²) in [6, 6.07) is 12.0. The fourth-order valence-electron chi connectivity index (χ4n) is 12.2. The van der Waals surface area contributed by atoms with E-state index in [-0.39, 0.29) is 58.9 Å². The van der Waals surface area contributed by atoms with Crippen molar-refractivity contribution in [1.29, 1.82) is 0 Å². The normalized spacial score (nSPS) is 23.1. The Bertz CT molecular complexity index is 3010. The number of hydrogen-bond donors (Lipinski definition) is 2. The van der Waals surface area contributed by atoms with Crippen molar-refractivity contribution in [3.8, 4) is 23.0 Å². The van der Waals surface area contributed by atoms with Crippen molar-refractivity contribution in [3.63, 3.8) is 0 Å². The lowest BCUT2D eigenvalue weighted by Crippen LogP contribution is -2.52. The molecule has 11 rings (SSSR count). The summed E-state index contributed by atoms with van der Waals surface area (Å²) in [5.41, 5.74) is 2.64. The van der Waals surface area contributed by atoms with Crippen LogP contribution in [0.3, 0.4) is 0 Å². The van der Waals surface area contributed by atoms with Crippen molar-refractivity contribution >= 4 is 50.9 Å². The second kappa shape index (κ2) is 19.9. The highest BCUT2D eigenvalue weighted by molar-refractivity contribution is 6.06. The Morgan fingerprint density at radius 2 is 1.64 bits per heavy atom. The number of nitrogens with zero attached hydrogens (tertiary/aromatic N) is 8. The zero-order chi connectivity index (χ0) is 51.5. The van der Waals surface area contributed by atoms with Crippen LogP contribution in [0.2, 0.25) is 0 Å². The van der Waals surface area contributed by atoms with Crippen molar-refractivity contribution < 1.29 is 42.5 Å². The minimum Gasteiger partial charge on any atom is -0.468 e. The van der Waals surface area contributed by atoms with Gasteiger partial charge >= 0.3 is 6.01 Å². The first kappa shape index (κ1) is 50.1. The molecule has 0 bridgehead atoms. The number of pyridine rings is 1. The summed E-state index contributed by atoms with van der Waals surface area (Å²) in [5, 5.41) is 15.2. The number of anilines is 2. The molecule has 1 unspecified atom stereocenters. The molecule has 3 aromatic carbocycles. The maximum atomic E-state index is 17.4. The number of aromatic nitrogens is 3. The van der Waals surface area contributed by atoms with Crippen LogP contribution in [0.4, 0.5) is 20.3 Å². The van der Waals surface area contributed by atoms with E-state index < -0.39 is 23.4 Å². The summed E-state index contributed by atoms with van der Waals surface area (Å²) < 4.78 is 50.4. The number of benzene rings is 3. The molecule has 1 aliphatic carbocycles. The number of carbonyl (C=O) groups excluding carboxylic acids is 3. The molecule has 6 aliphatic rings. The van der Waals surface area contributed by atoms with Gasteiger partial charge < -0.3 is 38.9 Å². The number of halogens is 2. The third-order valence-corrected chi connectivity index (χ3v) is 16.6. The number of imide groups is 1. The number of ether oxygens (including phenoxy) is 3. The molecule has 2 atom stereocenters. The first-order chi connectivity index (χ1) is 35.6. The van der Waals surface area contributed by atoms with E-state index in [4.69, 9.17) is 29.2 Å². The lowest BCUT2D eigenvalue weighted by atomic mass is 9.79. The third-order valence-electron chi connectivity index (χ3n) is 16.6. The molecule has 4 saturated heterocycles. The van der Waals surface area contributed by atoms with Crippen molar-refractivity contribution in [2.24, 2.45) is 10.8 Å². The maximum Gasteiger partial charge on any atom is 0.319 e. The predicted octanol–water partition coefficient (Wildman–Crippen LogP) is 6.86. The van der Waals surface area contributed by atoms with E-state index >= 15 is 8.78 Å². The van der Waals surface area contributed by atoms with Gasteiger partial charge in [-0.25, -0.2) is 8.78 Å². The van der Waals surface area contributed by atoms with Crippen LogP contribution < -0.4 is 24.6 Å². The number of rotatable bonds is 15. The molecule has 0 spiro atoms. The molecular weight excluding hydrogens is 949 g/mol. The second-order valence-corrected chi connectivity index (χ2v) is 22.4. The van der Waals surface area contributed by atoms with Gasteiger partial charge in [-0.2, -0.15) is 9.97 Å². The second-order valence-electron chi connectivity index (χ2n) is 22.4. The number of amides is 3. The largest absolute Gasteiger partial charge is 0.468 e. The molecule has 7 heterocycles. The quantitative estimate of drug-likeness (QED) is 0.0825. The van der Waals surface area contributed by atoms with Gasteiger partial charge in [0, 0.05) is 101 Å². The first-order valence-corrected chi connectivity index (χ1v) is 26.4. The molecule has 2 aromatic heterocycles. The molecule has 5 aromatic rings. The fraction of sp³-hybridized carbons (Fsp3) is 0.536. The number of aliphatic hydroxyl groups is 1. The summed E-state index contributed by atoms with van der Waals surface area (Å²) in [6.07, 6.45) is 8.07. The van der Waals surface area contributed by atoms with Crippen molar-refractivity contribution in [2.75, 3.05) is 95.8 Å². The fourth-order valence-corrected chi connectivity index (χ4v) is 12.2. The van der Waals surface area contributed by atoms with E-state index in [0.29, 0.717) is 89.9 Å². The third kappa shape index (κ3) is 9.97. The molecule has 392 valence electrons. The Kier molecular flexibility index (Phi) is 13.5. The monoisotopic (exact) mass is 1020 g/mol. The number of nitrogens with one attached hydrogen (secondary N) is 1. The van der Waals surface area contributed by atoms with Crippen LogP contribution in [0.5, 0.6) is 11.8 Å². The highest BCUT2D eigenvalue weighted by atomic mass is 19.1. The highest BCUT2D eigenvalue weighted by Crippen LogP contribution is 2.48. The van der Waals surface area contributed by atoms with Gasteiger partial charge in [-0.1, -0.05) is 19.9 Å². The number of aryl methyl sites for hydroxylation is 1. The van der Waals surface area contributed by atoms with Gasteiger partial charge in [-0.3, -0.25) is 29.6 Å². The first-order valence-electron chi connectivity index (χ1n) is 26.4. The highest BCUT2D eigenvalue weighted by Gasteiger charge is 2.47. The van der Waals surface area contributed by atoms with Gasteiger partial charge in [-0.15, -0.1) is 0 Å². The number of likely N-dealkylation sites (tertiary alicyclic amines) is 1. The summed E-state index contributed by atoms with van der Waals surface area (Å²) >= 11 is 0. The van der Waals surface area contributed by atoms with Crippen LogP contribution in [-0.2, 0) is 27.3 Å². The average Bonchev–Trinajstić information content (AvgIpc) is 4.08. The van der Waals surface area contributed by atoms with E-state index in [1.807, 2.05) is 24.0 Å². The van der Waals surface area contributed by atoms with E-state index in [0.717, 1.165) is 95.7 Å². The number of carbonyl (C=O) groups is 3. The minimum absolute atomic E-state index is 0.00217. The van der Waals surface area contributed by atoms with Crippen LogP contribution in [0.15, 0.2) is 48.7 Å². The Morgan fingerprint density at radius 1 is 0.851 bits per heavy atom. The number of piperidine rings is 3. The van der Waals surface area contributed by atoms with Crippen LogP contribution in [0.1, 0.15) is 93.6 Å². The lowest BCUT2D eigenvalue weighted by Gasteiger charge is -2.45. The van der Waals surface area contributed by atoms with Crippen LogP contribution >= 0.6 is 0 Å². The van der Waals surface area contributed by atoms with Gasteiger partial charge in [0.05, 0.1) is 17.6 Å². The molecular formula is C56H67F2N9O7. The summed E-state index contributed by atoms with van der Waals surface area (Å²) in [4.78, 5) is 63.1. The van der Waals surface area contributed by atoms with Crippen molar-refractivity contribution in [2.45, 2.75) is 96.7 Å². The Balaban J connectivity index is 0.744. The smallest absolute Gasteiger partial charge is 0.319 e. The van der Waals surface area contributed by atoms with Crippen molar-refractivity contribution in [3.05, 3.63) is 77.0 Å². The Labute approximate surface area is 430 Å². The topological polar surface area (TPSA) is 166 Å². The standard InChI is InChI=1S/C56H67F2N9O7/c1-5-39-43(57)10-7-35-26-38(74-34-72-4)27-41(46(35)39)48-47(58)49-42(28-59-48)50(66-18-6-13-55(3,71)31-66)62-53(61-49)73-33-56(14-15-56)32-63-19-16-54(2,17-20-63)30-64-21-23-65(24-22-64)37-8-9-40-36(25-37)29-67(52(40)70)44-11-12-45(68)60-51(44)69/h7-10,25-28,44,71H,5-6,11-24,29-34H2,1-4H3,(H,60,68,69)/t44?,55-/m1/s1. The number of fused-ring (bicyclic) bond motifs is 3. The van der Waals surface area contributed by atoms with E-state index in [2.05, 4.69) is 33.0 Å². The Hall–Kier alpha value is -6.08. The van der Waals surface area contributed by atoms with Gasteiger partial charge in [0.15, 0.2) is 12.6 Å². The Morgan fingerprint density at radius 3 is 2.36 bits per heavy atom. The molecule has 1 saturated carbocycles. The van der Waals surface area contributed by atoms with Gasteiger partial charge in [0.1, 0.15) is 34.6 Å². The van der Waals surface area contributed by atoms with Crippen molar-refractivity contribution in [1.82, 2.24) is 35.0 Å². The predicted molar refractivity (Wildman–Crippen MR) is 276 cm³/mol. The minimum atomic E-state index is -0.969. The molecule has 3 amide bonds. The van der Waals surface area contributed by atoms with Gasteiger partial charge in [-0.05, 0) is 135 Å². The lowest BCUT2D eigenvalue weighted by molar-refractivity contribution is -0.136. The zero-order valence-electron chi connectivity index (χ0n) is 43.0. The van der Waals surface area contributed by atoms with E-state index in [1.54, 1.807) is 36.2 Å². The average molecular weight is 1020 g/mol. The summed E-state index contributed by atoms with van der Waals surface area (Å²) in [5.74, 6) is -1.03. The summed E-state index contributed by atoms with van der Waals surface area (Å²) in [7, 11) is 1.52. The zero-order valence-corrected chi connectivity index (χ0v) is 43.0. The van der Waals surface area contributed by atoms with Crippen LogP contribution in [0.25, 0.3) is 32.9 Å². The van der Waals surface area contributed by atoms with E-state index in [9.17, 15) is 19.5 Å². The molecule has 18 heteroatoms. The molecule has 0 radical (unpaired) electrons. The number of hydrogen-bond acceptors (Lipinski definition) is 14. The molecule has 16 nitrogen and oxygen atoms in total. The molecule has 5 aliphatic heterocycles.